The maximum atomic E-state index is 10.8. The van der Waals surface area contributed by atoms with Crippen LogP contribution in [0, 0.1) is 5.92 Å². The van der Waals surface area contributed by atoms with E-state index in [9.17, 15) is 4.79 Å². The highest BCUT2D eigenvalue weighted by atomic mass is 32.1. The summed E-state index contributed by atoms with van der Waals surface area (Å²) in [5, 5.41) is 5.81. The SMILES string of the molecule is COCCCOc1cc(CC(NC=O)C(C)C)ccc1-c1nccs1. The number of rotatable bonds is 11. The number of carbonyl (C=O) groups is 1. The quantitative estimate of drug-likeness (QED) is 0.491. The predicted octanol–water partition coefficient (Wildman–Crippen LogP) is 3.54. The van der Waals surface area contributed by atoms with E-state index in [2.05, 4.69) is 42.3 Å². The molecule has 5 nitrogen and oxygen atoms in total. The van der Waals surface area contributed by atoms with Crippen molar-refractivity contribution in [2.45, 2.75) is 32.7 Å². The number of hydrogen-bond acceptors (Lipinski definition) is 5. The standard InChI is InChI=1S/C19H26N2O3S/c1-14(2)17(21-13-22)11-15-5-6-16(19-20-7-10-25-19)18(12-15)24-9-4-8-23-3/h5-7,10,12-14,17H,4,8-9,11H2,1-3H3,(H,21,22). The summed E-state index contributed by atoms with van der Waals surface area (Å²) in [6, 6.07) is 6.30. The Balaban J connectivity index is 2.20. The second-order valence-electron chi connectivity index (χ2n) is 6.20. The lowest BCUT2D eigenvalue weighted by Gasteiger charge is -2.21. The molecule has 0 spiro atoms. The van der Waals surface area contributed by atoms with Gasteiger partial charge in [-0.05, 0) is 30.0 Å². The Hall–Kier alpha value is -1.92. The highest BCUT2D eigenvalue weighted by molar-refractivity contribution is 7.13. The van der Waals surface area contributed by atoms with Gasteiger partial charge >= 0.3 is 0 Å². The number of hydrogen-bond donors (Lipinski definition) is 1. The van der Waals surface area contributed by atoms with Crippen molar-refractivity contribution in [3.05, 3.63) is 35.3 Å². The summed E-state index contributed by atoms with van der Waals surface area (Å²) >= 11 is 1.59. The van der Waals surface area contributed by atoms with Gasteiger partial charge in [0.1, 0.15) is 10.8 Å². The van der Waals surface area contributed by atoms with Crippen LogP contribution in [0.15, 0.2) is 29.8 Å². The zero-order valence-corrected chi connectivity index (χ0v) is 15.8. The van der Waals surface area contributed by atoms with Crippen molar-refractivity contribution in [2.75, 3.05) is 20.3 Å². The zero-order chi connectivity index (χ0) is 18.1. The molecule has 2 aromatic rings. The lowest BCUT2D eigenvalue weighted by Crippen LogP contribution is -2.34. The van der Waals surface area contributed by atoms with Crippen molar-refractivity contribution in [2.24, 2.45) is 5.92 Å². The Labute approximate surface area is 153 Å². The summed E-state index contributed by atoms with van der Waals surface area (Å²) in [6.45, 7) is 5.47. The van der Waals surface area contributed by atoms with Crippen molar-refractivity contribution < 1.29 is 14.3 Å². The molecule has 136 valence electrons. The van der Waals surface area contributed by atoms with Crippen LogP contribution in [0.5, 0.6) is 5.75 Å². The Morgan fingerprint density at radius 1 is 1.32 bits per heavy atom. The minimum atomic E-state index is 0.101. The summed E-state index contributed by atoms with van der Waals surface area (Å²) in [4.78, 5) is 15.2. The summed E-state index contributed by atoms with van der Waals surface area (Å²) < 4.78 is 11.1. The van der Waals surface area contributed by atoms with E-state index in [-0.39, 0.29) is 6.04 Å². The highest BCUT2D eigenvalue weighted by Gasteiger charge is 2.16. The molecule has 1 aromatic heterocycles. The van der Waals surface area contributed by atoms with Gasteiger partial charge in [0.15, 0.2) is 0 Å². The molecule has 25 heavy (non-hydrogen) atoms. The molecule has 6 heteroatoms. The van der Waals surface area contributed by atoms with Crippen LogP contribution in [-0.4, -0.2) is 37.8 Å². The number of carbonyl (C=O) groups excluding carboxylic acids is 1. The molecule has 0 fully saturated rings. The molecule has 0 aliphatic rings. The molecule has 0 bridgehead atoms. The number of nitrogens with zero attached hydrogens (tertiary/aromatic N) is 1. The topological polar surface area (TPSA) is 60.5 Å². The fourth-order valence-electron chi connectivity index (χ4n) is 2.56. The van der Waals surface area contributed by atoms with E-state index in [1.807, 2.05) is 5.38 Å². The molecule has 1 aromatic carbocycles. The third-order valence-corrected chi connectivity index (χ3v) is 4.81. The monoisotopic (exact) mass is 362 g/mol. The minimum Gasteiger partial charge on any atom is -0.493 e. The number of thiazole rings is 1. The summed E-state index contributed by atoms with van der Waals surface area (Å²) in [5.41, 5.74) is 2.13. The van der Waals surface area contributed by atoms with Crippen molar-refractivity contribution in [1.82, 2.24) is 10.3 Å². The second kappa shape index (κ2) is 10.2. The Morgan fingerprint density at radius 2 is 2.16 bits per heavy atom. The van der Waals surface area contributed by atoms with Gasteiger partial charge < -0.3 is 14.8 Å². The van der Waals surface area contributed by atoms with Gasteiger partial charge in [-0.15, -0.1) is 11.3 Å². The van der Waals surface area contributed by atoms with Crippen molar-refractivity contribution in [3.8, 4) is 16.3 Å². The van der Waals surface area contributed by atoms with E-state index >= 15 is 0 Å². The number of methoxy groups -OCH3 is 1. The van der Waals surface area contributed by atoms with Crippen LogP contribution in [0.2, 0.25) is 0 Å². The molecule has 1 N–H and O–H groups in total. The van der Waals surface area contributed by atoms with Crippen LogP contribution >= 0.6 is 11.3 Å². The van der Waals surface area contributed by atoms with Gasteiger partial charge in [-0.1, -0.05) is 19.9 Å². The van der Waals surface area contributed by atoms with Gasteiger partial charge in [0.05, 0.1) is 12.2 Å². The zero-order valence-electron chi connectivity index (χ0n) is 15.0. The lowest BCUT2D eigenvalue weighted by atomic mass is 9.96. The van der Waals surface area contributed by atoms with Crippen LogP contribution in [0.25, 0.3) is 10.6 Å². The lowest BCUT2D eigenvalue weighted by molar-refractivity contribution is -0.110. The van der Waals surface area contributed by atoms with E-state index in [1.165, 1.54) is 0 Å². The van der Waals surface area contributed by atoms with Crippen LogP contribution < -0.4 is 10.1 Å². The second-order valence-corrected chi connectivity index (χ2v) is 7.10. The molecular formula is C19H26N2O3S. The number of aromatic nitrogens is 1. The molecule has 1 heterocycles. The molecule has 0 saturated heterocycles. The maximum absolute atomic E-state index is 10.8. The number of nitrogens with one attached hydrogen (secondary N) is 1. The molecule has 0 aliphatic carbocycles. The van der Waals surface area contributed by atoms with Gasteiger partial charge in [0.2, 0.25) is 6.41 Å². The van der Waals surface area contributed by atoms with Gasteiger partial charge in [-0.25, -0.2) is 4.98 Å². The van der Waals surface area contributed by atoms with Crippen LogP contribution in [0.1, 0.15) is 25.8 Å². The van der Waals surface area contributed by atoms with Crippen LogP contribution in [-0.2, 0) is 16.0 Å². The van der Waals surface area contributed by atoms with Crippen LogP contribution in [0.4, 0.5) is 0 Å². The fraction of sp³-hybridized carbons (Fsp3) is 0.474. The normalized spacial score (nSPS) is 12.2. The first-order valence-electron chi connectivity index (χ1n) is 8.50. The molecule has 1 unspecified atom stereocenters. The smallest absolute Gasteiger partial charge is 0.207 e. The van der Waals surface area contributed by atoms with Crippen molar-refractivity contribution in [1.29, 1.82) is 0 Å². The number of ether oxygens (including phenoxy) is 2. The molecule has 1 amide bonds. The van der Waals surface area contributed by atoms with E-state index in [1.54, 1.807) is 24.6 Å². The average Bonchev–Trinajstić information content (AvgIpc) is 3.13. The van der Waals surface area contributed by atoms with Crippen molar-refractivity contribution >= 4 is 17.7 Å². The first-order valence-corrected chi connectivity index (χ1v) is 9.38. The van der Waals surface area contributed by atoms with Gasteiger partial charge in [-0.3, -0.25) is 4.79 Å². The average molecular weight is 362 g/mol. The van der Waals surface area contributed by atoms with Gasteiger partial charge in [0, 0.05) is 37.8 Å². The number of benzene rings is 1. The first-order chi connectivity index (χ1) is 12.2. The molecule has 0 saturated carbocycles. The molecular weight excluding hydrogens is 336 g/mol. The van der Waals surface area contributed by atoms with E-state index < -0.39 is 0 Å². The fourth-order valence-corrected chi connectivity index (χ4v) is 3.23. The molecule has 2 rings (SSSR count). The van der Waals surface area contributed by atoms with Gasteiger partial charge in [-0.2, -0.15) is 0 Å². The molecule has 0 radical (unpaired) electrons. The molecule has 1 atom stereocenters. The summed E-state index contributed by atoms with van der Waals surface area (Å²) in [6.07, 6.45) is 4.17. The van der Waals surface area contributed by atoms with Crippen molar-refractivity contribution in [3.63, 3.8) is 0 Å². The molecule has 0 aliphatic heterocycles. The third kappa shape index (κ3) is 5.83. The largest absolute Gasteiger partial charge is 0.493 e. The summed E-state index contributed by atoms with van der Waals surface area (Å²) in [7, 11) is 1.69. The summed E-state index contributed by atoms with van der Waals surface area (Å²) in [5.74, 6) is 1.19. The van der Waals surface area contributed by atoms with E-state index in [0.717, 1.165) is 41.1 Å². The minimum absolute atomic E-state index is 0.101. The maximum Gasteiger partial charge on any atom is 0.207 e. The Kier molecular flexibility index (Phi) is 7.88. The predicted molar refractivity (Wildman–Crippen MR) is 101 cm³/mol. The van der Waals surface area contributed by atoms with Gasteiger partial charge in [0.25, 0.3) is 0 Å². The van der Waals surface area contributed by atoms with Crippen LogP contribution in [0.3, 0.4) is 0 Å². The Bertz CT molecular complexity index is 644. The highest BCUT2D eigenvalue weighted by Crippen LogP contribution is 2.33. The third-order valence-electron chi connectivity index (χ3n) is 4.00. The van der Waals surface area contributed by atoms with E-state index in [0.29, 0.717) is 19.1 Å². The van der Waals surface area contributed by atoms with E-state index in [4.69, 9.17) is 9.47 Å². The Morgan fingerprint density at radius 3 is 2.80 bits per heavy atom. The first kappa shape index (κ1) is 19.4. The number of amides is 1.